The summed E-state index contributed by atoms with van der Waals surface area (Å²) in [4.78, 5) is 3.05. The molecule has 0 saturated carbocycles. The maximum atomic E-state index is 10.5. The van der Waals surface area contributed by atoms with Gasteiger partial charge in [0.25, 0.3) is 0 Å². The molecule has 6 heteroatoms. The second kappa shape index (κ2) is 27.7. The number of nitrogens with zero attached hydrogens (tertiary/aromatic N) is 5. The van der Waals surface area contributed by atoms with Crippen molar-refractivity contribution < 1.29 is 28.8 Å². The lowest BCUT2D eigenvalue weighted by Crippen LogP contribution is -2.14. The van der Waals surface area contributed by atoms with Crippen molar-refractivity contribution in [2.24, 2.45) is 0 Å². The summed E-state index contributed by atoms with van der Waals surface area (Å²) in [7, 11) is 0. The fourth-order valence-corrected chi connectivity index (χ4v) is 17.3. The van der Waals surface area contributed by atoms with E-state index in [-0.39, 0.29) is 142 Å². The third-order valence-electron chi connectivity index (χ3n) is 21.3. The molecule has 5 nitrogen and oxygen atoms in total. The van der Waals surface area contributed by atoms with Gasteiger partial charge in [-0.1, -0.05) is 309 Å². The van der Waals surface area contributed by atoms with Gasteiger partial charge < -0.3 is 23.2 Å². The van der Waals surface area contributed by atoms with Crippen LogP contribution < -0.4 is 4.90 Å². The van der Waals surface area contributed by atoms with Gasteiger partial charge in [0, 0.05) is 98.1 Å². The molecule has 0 bridgehead atoms. The lowest BCUT2D eigenvalue weighted by molar-refractivity contribution is 1.14. The number of hydrogen-bond acceptors (Lipinski definition) is 2. The highest BCUT2D eigenvalue weighted by atomic mass is 32.2. The van der Waals surface area contributed by atoms with Gasteiger partial charge >= 0.3 is 0 Å². The summed E-state index contributed by atoms with van der Waals surface area (Å²) in [6.07, 6.45) is 0. The molecular weight excluding hydrogens is 1400 g/mol. The Kier molecular flexibility index (Phi) is 11.7. The fourth-order valence-electron chi connectivity index (χ4n) is 16.2. The van der Waals surface area contributed by atoms with Crippen molar-refractivity contribution in [1.82, 2.24) is 18.3 Å². The van der Waals surface area contributed by atoms with E-state index in [0.29, 0.717) is 82.2 Å². The van der Waals surface area contributed by atoms with E-state index < -0.39 is 78.6 Å². The summed E-state index contributed by atoms with van der Waals surface area (Å²) >= 11 is 1.30. The highest BCUT2D eigenvalue weighted by molar-refractivity contribution is 7.99. The molecule has 22 aromatic rings. The molecule has 18 aromatic carbocycles. The molecule has 22 rings (SSSR count). The van der Waals surface area contributed by atoms with Crippen molar-refractivity contribution in [2.75, 3.05) is 4.90 Å². The number of para-hydroxylation sites is 4. The summed E-state index contributed by atoms with van der Waals surface area (Å²) in [5, 5.41) is 1.10. The van der Waals surface area contributed by atoms with Crippen molar-refractivity contribution in [3.63, 3.8) is 0 Å². The van der Waals surface area contributed by atoms with Crippen LogP contribution in [-0.2, 0) is 0 Å². The molecular formula is C108H71N5S. The maximum absolute atomic E-state index is 10.5. The van der Waals surface area contributed by atoms with Crippen LogP contribution in [0.4, 0.5) is 17.1 Å². The summed E-state index contributed by atoms with van der Waals surface area (Å²) in [5.74, 6) is 0. The van der Waals surface area contributed by atoms with Gasteiger partial charge in [-0.25, -0.2) is 0 Å². The molecule has 0 atom stereocenters. The minimum absolute atomic E-state index is 0.00578. The summed E-state index contributed by atoms with van der Waals surface area (Å²) in [6, 6.07) is 84.8. The number of rotatable bonds is 15. The van der Waals surface area contributed by atoms with E-state index in [4.69, 9.17) is 1.37 Å². The minimum Gasteiger partial charge on any atom is -0.309 e. The minimum atomic E-state index is -0.622. The molecule has 4 aromatic heterocycles. The Labute approximate surface area is 694 Å². The van der Waals surface area contributed by atoms with Gasteiger partial charge in [-0.05, 0) is 189 Å². The molecule has 0 saturated heterocycles. The van der Waals surface area contributed by atoms with Crippen LogP contribution >= 0.6 is 11.8 Å². The lowest BCUT2D eigenvalue weighted by atomic mass is 9.94. The van der Waals surface area contributed by atoms with E-state index in [1.54, 1.807) is 124 Å². The lowest BCUT2D eigenvalue weighted by Gasteiger charge is -2.31. The first kappa shape index (κ1) is 48.1. The van der Waals surface area contributed by atoms with Crippen molar-refractivity contribution in [1.29, 1.82) is 0 Å². The van der Waals surface area contributed by atoms with Crippen LogP contribution in [0.1, 0.15) is 28.8 Å². The van der Waals surface area contributed by atoms with Gasteiger partial charge in [-0.15, -0.1) is 0 Å². The summed E-state index contributed by atoms with van der Waals surface area (Å²) in [5.41, 5.74) is 9.97. The SMILES string of the molecule is [2H]c1c([2H])c([2H])c2c(c1[2H])c1c([2H])c(-c3ccccc3)c([2H])c([2H])c1n2-c1cccc(N(c2cc(Sc3cccc4c3c3cc(-n5c6c([2H])c([2H])c([2H])c([2H])c6c6c([2H])c(-c7ccccc7)c([2H])c([2H])c65)ccc3n4-c3cccc(-c4ccccc4)c3)cc(-n3c4c([2H])c([2H])c([2H])c([2H])c4c4c([2H])c(-c5ccccc5)c([2H])c([2H])c43)c2)c2c(-c3ccccc3)cccc2-c2ccccc2)c1. The zero-order valence-corrected chi connectivity index (χ0v) is 61.3. The van der Waals surface area contributed by atoms with Crippen LogP contribution in [0.3, 0.4) is 0 Å². The molecule has 4 heterocycles. The zero-order valence-electron chi connectivity index (χ0n) is 81.5. The average Bonchev–Trinajstić information content (AvgIpc) is 1.54. The molecule has 0 N–H and O–H groups in total. The molecule has 0 fully saturated rings. The highest BCUT2D eigenvalue weighted by Gasteiger charge is 2.28. The van der Waals surface area contributed by atoms with Gasteiger partial charge in [0.15, 0.2) is 0 Å². The quantitative estimate of drug-likeness (QED) is 0.102. The first-order valence-corrected chi connectivity index (χ1v) is 38.1. The predicted octanol–water partition coefficient (Wildman–Crippen LogP) is 29.7. The third kappa shape index (κ3) is 11.3. The monoisotopic (exact) mass is 1490 g/mol. The van der Waals surface area contributed by atoms with E-state index in [1.807, 2.05) is 187 Å². The Hall–Kier alpha value is -14.7. The van der Waals surface area contributed by atoms with Gasteiger partial charge in [-0.3, -0.25) is 0 Å². The Balaban J connectivity index is 0.880. The molecule has 0 aliphatic carbocycles. The van der Waals surface area contributed by atoms with Crippen LogP contribution in [0.15, 0.2) is 440 Å². The van der Waals surface area contributed by atoms with E-state index >= 15 is 0 Å². The van der Waals surface area contributed by atoms with Gasteiger partial charge in [-0.2, -0.15) is 0 Å². The summed E-state index contributed by atoms with van der Waals surface area (Å²) < 4.78 is 213. The van der Waals surface area contributed by atoms with Crippen LogP contribution in [-0.4, -0.2) is 18.3 Å². The molecule has 0 aliphatic heterocycles. The Morgan fingerprint density at radius 2 is 0.614 bits per heavy atom. The second-order valence-electron chi connectivity index (χ2n) is 27.9. The average molecular weight is 1490 g/mol. The van der Waals surface area contributed by atoms with E-state index in [0.717, 1.165) is 27.9 Å². The second-order valence-corrected chi connectivity index (χ2v) is 29.0. The number of fused-ring (bicyclic) bond motifs is 12. The molecule has 534 valence electrons. The van der Waals surface area contributed by atoms with Crippen LogP contribution in [0.5, 0.6) is 0 Å². The molecule has 114 heavy (non-hydrogen) atoms. The normalized spacial score (nSPS) is 14.3. The van der Waals surface area contributed by atoms with Gasteiger partial charge in [0.2, 0.25) is 0 Å². The van der Waals surface area contributed by atoms with Crippen LogP contribution in [0.25, 0.3) is 177 Å². The van der Waals surface area contributed by atoms with Gasteiger partial charge in [0.1, 0.15) is 0 Å². The van der Waals surface area contributed by atoms with E-state index in [1.165, 1.54) is 16.3 Å². The largest absolute Gasteiger partial charge is 0.309 e. The van der Waals surface area contributed by atoms with Crippen LogP contribution in [0.2, 0.25) is 0 Å². The Bertz CT molecular complexity index is 8780. The first-order chi connectivity index (χ1) is 65.3. The summed E-state index contributed by atoms with van der Waals surface area (Å²) in [6.45, 7) is 0. The molecule has 0 aliphatic rings. The topological polar surface area (TPSA) is 23.0 Å². The van der Waals surface area contributed by atoms with Crippen molar-refractivity contribution in [3.8, 4) is 89.5 Å². The fraction of sp³-hybridized carbons (Fsp3) is 0. The standard InChI is InChI=1S/C108H71N5S/c1-7-29-72(30-8-1)78-41-25-42-82(63-78)112-104-62-58-85(111-99-51-23-20-46-92(99)95-65-80(56-60-102(95)111)74-33-11-3-12-34-74)71-97(104)107-105(112)53-28-54-106(107)114-88-69-86(68-87(70-88)113-100-52-24-21-47-93(100)96-66-81(57-61-103(96)113)75-35-13-4-14-36-75)109(108-89(76-37-15-5-16-38-76)48-27-49-90(108)77-39-17-6-18-40-77)83-43-26-44-84(67-83)110-98-50-22-19-45-91(98)94-64-79(55-59-101(94)110)73-31-9-2-10-32-73/h1-71H/i19D,20D,21D,22D,23D,24D,45D,46D,47D,50D,51D,52D,55D,56D,57D,59D,60D,61D,64D,65D,66D. The maximum Gasteiger partial charge on any atom is 0.0645 e. The molecule has 0 radical (unpaired) electrons. The van der Waals surface area contributed by atoms with Crippen molar-refractivity contribution in [2.45, 2.75) is 9.79 Å². The smallest absolute Gasteiger partial charge is 0.0645 e. The number of anilines is 3. The Morgan fingerprint density at radius 1 is 0.228 bits per heavy atom. The van der Waals surface area contributed by atoms with E-state index in [9.17, 15) is 27.4 Å². The highest BCUT2D eigenvalue weighted by Crippen LogP contribution is 2.52. The van der Waals surface area contributed by atoms with E-state index in [2.05, 4.69) is 10.6 Å². The van der Waals surface area contributed by atoms with Crippen molar-refractivity contribution >= 4 is 116 Å². The number of benzene rings is 18. The van der Waals surface area contributed by atoms with Crippen LogP contribution in [0, 0.1) is 0 Å². The molecule has 0 unspecified atom stereocenters. The zero-order chi connectivity index (χ0) is 93.4. The first-order valence-electron chi connectivity index (χ1n) is 47.8. The molecule has 0 amide bonds. The third-order valence-corrected chi connectivity index (χ3v) is 22.3. The van der Waals surface area contributed by atoms with Gasteiger partial charge in [0.05, 0.1) is 78.6 Å². The number of hydrogen-bond donors (Lipinski definition) is 0. The van der Waals surface area contributed by atoms with Crippen molar-refractivity contribution in [3.05, 3.63) is 430 Å². The Morgan fingerprint density at radius 3 is 1.11 bits per heavy atom. The predicted molar refractivity (Wildman–Crippen MR) is 482 cm³/mol. The number of aromatic nitrogens is 4. The molecule has 0 spiro atoms.